The highest BCUT2D eigenvalue weighted by Crippen LogP contribution is 2.10. The third kappa shape index (κ3) is 10.1. The molecule has 0 saturated heterocycles. The van der Waals surface area contributed by atoms with E-state index < -0.39 is 18.1 Å². The lowest BCUT2D eigenvalue weighted by atomic mass is 10.1. The van der Waals surface area contributed by atoms with E-state index in [1.165, 1.54) is 6.42 Å². The SMILES string of the molecule is N[C@@H](CCCCNC(=O)OCCOC1C#CCCCCC1)C(=O)O. The van der Waals surface area contributed by atoms with E-state index in [1.54, 1.807) is 0 Å². The third-order valence-corrected chi connectivity index (χ3v) is 3.70. The Morgan fingerprint density at radius 2 is 2.08 bits per heavy atom. The van der Waals surface area contributed by atoms with Gasteiger partial charge in [0, 0.05) is 13.0 Å². The van der Waals surface area contributed by atoms with E-state index >= 15 is 0 Å². The molecule has 0 spiro atoms. The number of rotatable bonds is 10. The van der Waals surface area contributed by atoms with Gasteiger partial charge in [-0.2, -0.15) is 0 Å². The van der Waals surface area contributed by atoms with Gasteiger partial charge in [-0.25, -0.2) is 4.79 Å². The molecule has 2 atom stereocenters. The first-order valence-electron chi connectivity index (χ1n) is 8.58. The fourth-order valence-electron chi connectivity index (χ4n) is 2.28. The fourth-order valence-corrected chi connectivity index (χ4v) is 2.28. The van der Waals surface area contributed by atoms with Gasteiger partial charge >= 0.3 is 12.1 Å². The Morgan fingerprint density at radius 3 is 2.88 bits per heavy atom. The number of hydrogen-bond donors (Lipinski definition) is 3. The molecule has 7 nitrogen and oxygen atoms in total. The molecule has 136 valence electrons. The smallest absolute Gasteiger partial charge is 0.407 e. The van der Waals surface area contributed by atoms with Gasteiger partial charge < -0.3 is 25.6 Å². The molecule has 0 fully saturated rings. The second kappa shape index (κ2) is 12.6. The van der Waals surface area contributed by atoms with Crippen LogP contribution < -0.4 is 11.1 Å². The summed E-state index contributed by atoms with van der Waals surface area (Å²) in [5, 5.41) is 11.2. The maximum atomic E-state index is 11.5. The van der Waals surface area contributed by atoms with E-state index in [4.69, 9.17) is 20.3 Å². The van der Waals surface area contributed by atoms with Gasteiger partial charge in [0.1, 0.15) is 18.8 Å². The molecule has 0 heterocycles. The van der Waals surface area contributed by atoms with E-state index in [2.05, 4.69) is 17.2 Å². The highest BCUT2D eigenvalue weighted by Gasteiger charge is 2.10. The van der Waals surface area contributed by atoms with Crippen LogP contribution in [-0.2, 0) is 14.3 Å². The Bertz CT molecular complexity index is 444. The standard InChI is InChI=1S/C17H28N2O5/c18-15(16(20)21)10-6-7-11-19-17(22)24-13-12-23-14-8-4-2-1-3-5-9-14/h14-15H,1-4,6-8,10-13,18H2,(H,19,22)(H,20,21)/t14?,15-/m0/s1. The maximum Gasteiger partial charge on any atom is 0.407 e. The number of carbonyl (C=O) groups is 2. The number of alkyl carbamates (subject to hydrolysis) is 1. The van der Waals surface area contributed by atoms with Gasteiger partial charge in [-0.05, 0) is 38.5 Å². The summed E-state index contributed by atoms with van der Waals surface area (Å²) in [7, 11) is 0. The molecular formula is C17H28N2O5. The zero-order valence-corrected chi connectivity index (χ0v) is 14.1. The van der Waals surface area contributed by atoms with Gasteiger partial charge in [0.15, 0.2) is 0 Å². The molecule has 24 heavy (non-hydrogen) atoms. The number of hydrogen-bond acceptors (Lipinski definition) is 5. The molecule has 0 saturated carbocycles. The van der Waals surface area contributed by atoms with Crippen molar-refractivity contribution in [3.63, 3.8) is 0 Å². The molecule has 1 amide bonds. The van der Waals surface area contributed by atoms with Crippen molar-refractivity contribution < 1.29 is 24.2 Å². The quantitative estimate of drug-likeness (QED) is 0.412. The Kier molecular flexibility index (Phi) is 10.7. The minimum absolute atomic E-state index is 0.0598. The number of carbonyl (C=O) groups excluding carboxylic acids is 1. The van der Waals surface area contributed by atoms with Crippen LogP contribution in [0.2, 0.25) is 0 Å². The van der Waals surface area contributed by atoms with E-state index in [0.717, 1.165) is 25.7 Å². The second-order valence-electron chi connectivity index (χ2n) is 5.78. The number of ether oxygens (including phenoxy) is 2. The Balaban J connectivity index is 1.98. The zero-order valence-electron chi connectivity index (χ0n) is 14.1. The average Bonchev–Trinajstić information content (AvgIpc) is 2.52. The molecule has 7 heteroatoms. The molecule has 0 radical (unpaired) electrons. The van der Waals surface area contributed by atoms with Crippen molar-refractivity contribution in [3.05, 3.63) is 0 Å². The van der Waals surface area contributed by atoms with Crippen LogP contribution in [0.5, 0.6) is 0 Å². The highest BCUT2D eigenvalue weighted by atomic mass is 16.6. The van der Waals surface area contributed by atoms with Crippen LogP contribution in [-0.4, -0.2) is 49.1 Å². The molecule has 1 unspecified atom stereocenters. The molecule has 0 aromatic heterocycles. The minimum atomic E-state index is -1.00. The van der Waals surface area contributed by atoms with Crippen LogP contribution in [0.25, 0.3) is 0 Å². The molecule has 1 aliphatic carbocycles. The lowest BCUT2D eigenvalue weighted by molar-refractivity contribution is -0.138. The number of nitrogens with one attached hydrogen (secondary N) is 1. The van der Waals surface area contributed by atoms with Gasteiger partial charge in [-0.3, -0.25) is 4.79 Å². The van der Waals surface area contributed by atoms with Crippen molar-refractivity contribution in [3.8, 4) is 11.8 Å². The topological polar surface area (TPSA) is 111 Å². The van der Waals surface area contributed by atoms with Crippen molar-refractivity contribution in [2.75, 3.05) is 19.8 Å². The van der Waals surface area contributed by atoms with Crippen molar-refractivity contribution in [2.24, 2.45) is 5.73 Å². The summed E-state index contributed by atoms with van der Waals surface area (Å²) < 4.78 is 10.6. The monoisotopic (exact) mass is 340 g/mol. The molecular weight excluding hydrogens is 312 g/mol. The summed E-state index contributed by atoms with van der Waals surface area (Å²) in [6, 6.07) is -0.842. The fraction of sp³-hybridized carbons (Fsp3) is 0.765. The lowest BCUT2D eigenvalue weighted by Gasteiger charge is -2.14. The first kappa shape index (κ1) is 20.3. The van der Waals surface area contributed by atoms with E-state index in [1.807, 2.05) is 0 Å². The lowest BCUT2D eigenvalue weighted by Crippen LogP contribution is -2.30. The summed E-state index contributed by atoms with van der Waals surface area (Å²) in [5.74, 6) is 5.19. The van der Waals surface area contributed by atoms with Crippen molar-refractivity contribution in [1.82, 2.24) is 5.32 Å². The zero-order chi connectivity index (χ0) is 17.6. The van der Waals surface area contributed by atoms with Gasteiger partial charge in [-0.1, -0.05) is 12.3 Å². The molecule has 1 rings (SSSR count). The normalized spacial score (nSPS) is 18.5. The number of amides is 1. The van der Waals surface area contributed by atoms with Gasteiger partial charge in [0.05, 0.1) is 6.61 Å². The largest absolute Gasteiger partial charge is 0.480 e. The van der Waals surface area contributed by atoms with E-state index in [0.29, 0.717) is 32.4 Å². The van der Waals surface area contributed by atoms with E-state index in [-0.39, 0.29) is 12.7 Å². The van der Waals surface area contributed by atoms with Gasteiger partial charge in [0.2, 0.25) is 0 Å². The van der Waals surface area contributed by atoms with Gasteiger partial charge in [0.25, 0.3) is 0 Å². The summed E-state index contributed by atoms with van der Waals surface area (Å²) >= 11 is 0. The third-order valence-electron chi connectivity index (χ3n) is 3.70. The van der Waals surface area contributed by atoms with Crippen molar-refractivity contribution in [2.45, 2.75) is 63.5 Å². The number of carboxylic acids is 1. The Labute approximate surface area is 143 Å². The summed E-state index contributed by atoms with van der Waals surface area (Å²) in [5.41, 5.74) is 5.38. The Morgan fingerprint density at radius 1 is 1.25 bits per heavy atom. The first-order valence-corrected chi connectivity index (χ1v) is 8.58. The highest BCUT2D eigenvalue weighted by molar-refractivity contribution is 5.72. The average molecular weight is 340 g/mol. The van der Waals surface area contributed by atoms with Crippen molar-refractivity contribution >= 4 is 12.1 Å². The van der Waals surface area contributed by atoms with E-state index in [9.17, 15) is 9.59 Å². The first-order chi connectivity index (χ1) is 11.6. The number of nitrogens with two attached hydrogens (primary N) is 1. The van der Waals surface area contributed by atoms with Gasteiger partial charge in [-0.15, -0.1) is 5.92 Å². The maximum absolute atomic E-state index is 11.5. The van der Waals surface area contributed by atoms with Crippen LogP contribution >= 0.6 is 0 Å². The van der Waals surface area contributed by atoms with Crippen molar-refractivity contribution in [1.29, 1.82) is 0 Å². The summed E-state index contributed by atoms with van der Waals surface area (Å²) in [6.45, 7) is 0.953. The van der Waals surface area contributed by atoms with Crippen LogP contribution in [0.4, 0.5) is 4.79 Å². The Hall–Kier alpha value is -1.78. The summed E-state index contributed by atoms with van der Waals surface area (Å²) in [4.78, 5) is 22.0. The van der Waals surface area contributed by atoms with Crippen LogP contribution in [0.1, 0.15) is 51.4 Å². The van der Waals surface area contributed by atoms with Crippen LogP contribution in [0.3, 0.4) is 0 Å². The molecule has 0 aromatic carbocycles. The summed E-state index contributed by atoms with van der Waals surface area (Å²) in [6.07, 6.45) is 6.44. The molecule has 0 bridgehead atoms. The molecule has 0 aromatic rings. The molecule has 4 N–H and O–H groups in total. The van der Waals surface area contributed by atoms with Crippen LogP contribution in [0, 0.1) is 11.8 Å². The predicted octanol–water partition coefficient (Wildman–Crippen LogP) is 1.65. The predicted molar refractivity (Wildman–Crippen MR) is 89.4 cm³/mol. The second-order valence-corrected chi connectivity index (χ2v) is 5.78. The number of carboxylic acid groups (broad SMARTS) is 1. The van der Waals surface area contributed by atoms with Crippen LogP contribution in [0.15, 0.2) is 0 Å². The number of aliphatic carboxylic acids is 1. The molecule has 1 aliphatic rings. The minimum Gasteiger partial charge on any atom is -0.480 e. The molecule has 0 aliphatic heterocycles. The number of unbranched alkanes of at least 4 members (excludes halogenated alkanes) is 1.